The van der Waals surface area contributed by atoms with Crippen molar-refractivity contribution < 1.29 is 4.92 Å². The number of hydrogen-bond donors (Lipinski definition) is 1. The number of likely N-dealkylation sites (tertiary alicyclic amines) is 1. The lowest BCUT2D eigenvalue weighted by molar-refractivity contribution is -0.384. The van der Waals surface area contributed by atoms with E-state index in [2.05, 4.69) is 31.1 Å². The third-order valence-electron chi connectivity index (χ3n) is 4.11. The quantitative estimate of drug-likeness (QED) is 0.686. The standard InChI is InChI=1S/C14H20ClN3O2/c1-9-8-17(3)10(2)6-13(9)16-11-4-5-12(15)14(7-11)18(19)20/h4-5,7,9-10,13,16H,6,8H2,1-3H3. The van der Waals surface area contributed by atoms with E-state index >= 15 is 0 Å². The number of halogens is 1. The second-order valence-electron chi connectivity index (χ2n) is 5.68. The highest BCUT2D eigenvalue weighted by Crippen LogP contribution is 2.30. The molecule has 1 fully saturated rings. The van der Waals surface area contributed by atoms with E-state index in [0.29, 0.717) is 18.0 Å². The maximum Gasteiger partial charge on any atom is 0.289 e. The second kappa shape index (κ2) is 5.97. The van der Waals surface area contributed by atoms with Crippen LogP contribution in [0.2, 0.25) is 5.02 Å². The fourth-order valence-electron chi connectivity index (χ4n) is 2.70. The van der Waals surface area contributed by atoms with Crippen LogP contribution in [-0.4, -0.2) is 35.5 Å². The van der Waals surface area contributed by atoms with Gasteiger partial charge in [0, 0.05) is 30.4 Å². The van der Waals surface area contributed by atoms with Gasteiger partial charge in [-0.3, -0.25) is 10.1 Å². The molecule has 5 nitrogen and oxygen atoms in total. The SMILES string of the molecule is CC1CN(C)C(C)CC1Nc1ccc(Cl)c([N+](=O)[O-])c1. The van der Waals surface area contributed by atoms with Gasteiger partial charge >= 0.3 is 0 Å². The Labute approximate surface area is 124 Å². The molecule has 20 heavy (non-hydrogen) atoms. The molecule has 3 atom stereocenters. The Balaban J connectivity index is 2.14. The third-order valence-corrected chi connectivity index (χ3v) is 4.42. The smallest absolute Gasteiger partial charge is 0.289 e. The normalized spacial score (nSPS) is 27.3. The van der Waals surface area contributed by atoms with Gasteiger partial charge in [0.2, 0.25) is 0 Å². The van der Waals surface area contributed by atoms with Crippen molar-refractivity contribution in [2.45, 2.75) is 32.4 Å². The van der Waals surface area contributed by atoms with Crippen LogP contribution in [-0.2, 0) is 0 Å². The summed E-state index contributed by atoms with van der Waals surface area (Å²) in [4.78, 5) is 12.8. The number of piperidine rings is 1. The van der Waals surface area contributed by atoms with Gasteiger partial charge in [-0.05, 0) is 38.4 Å². The third kappa shape index (κ3) is 3.22. The molecule has 6 heteroatoms. The lowest BCUT2D eigenvalue weighted by atomic mass is 9.89. The molecule has 0 spiro atoms. The predicted molar refractivity (Wildman–Crippen MR) is 81.4 cm³/mol. The molecule has 1 aromatic rings. The van der Waals surface area contributed by atoms with Crippen LogP contribution in [0.1, 0.15) is 20.3 Å². The summed E-state index contributed by atoms with van der Waals surface area (Å²) in [6.45, 7) is 5.42. The van der Waals surface area contributed by atoms with Gasteiger partial charge in [0.25, 0.3) is 5.69 Å². The first kappa shape index (κ1) is 15.1. The van der Waals surface area contributed by atoms with Crippen LogP contribution in [0.3, 0.4) is 0 Å². The molecule has 0 saturated carbocycles. The molecule has 2 rings (SSSR count). The fraction of sp³-hybridized carbons (Fsp3) is 0.571. The summed E-state index contributed by atoms with van der Waals surface area (Å²) < 4.78 is 0. The number of benzene rings is 1. The number of nitro groups is 1. The number of rotatable bonds is 3. The minimum Gasteiger partial charge on any atom is -0.382 e. The van der Waals surface area contributed by atoms with Crippen LogP contribution in [0, 0.1) is 16.0 Å². The Morgan fingerprint density at radius 1 is 1.45 bits per heavy atom. The monoisotopic (exact) mass is 297 g/mol. The van der Waals surface area contributed by atoms with Gasteiger partial charge in [0.15, 0.2) is 0 Å². The Bertz CT molecular complexity index is 509. The molecular weight excluding hydrogens is 278 g/mol. The molecule has 1 N–H and O–H groups in total. The van der Waals surface area contributed by atoms with Crippen molar-refractivity contribution in [3.63, 3.8) is 0 Å². The molecule has 0 bridgehead atoms. The van der Waals surface area contributed by atoms with E-state index in [-0.39, 0.29) is 10.7 Å². The largest absolute Gasteiger partial charge is 0.382 e. The van der Waals surface area contributed by atoms with Crippen molar-refractivity contribution in [1.82, 2.24) is 4.90 Å². The van der Waals surface area contributed by atoms with E-state index in [1.807, 2.05) is 0 Å². The topological polar surface area (TPSA) is 58.4 Å². The number of nitro benzene ring substituents is 1. The Morgan fingerprint density at radius 3 is 2.80 bits per heavy atom. The Morgan fingerprint density at radius 2 is 2.15 bits per heavy atom. The summed E-state index contributed by atoms with van der Waals surface area (Å²) in [6, 6.07) is 5.71. The average Bonchev–Trinajstić information content (AvgIpc) is 2.37. The van der Waals surface area contributed by atoms with Gasteiger partial charge in [-0.2, -0.15) is 0 Å². The molecule has 0 aromatic heterocycles. The van der Waals surface area contributed by atoms with Crippen molar-refractivity contribution >= 4 is 23.0 Å². The summed E-state index contributed by atoms with van der Waals surface area (Å²) in [5.74, 6) is 0.492. The highest BCUT2D eigenvalue weighted by molar-refractivity contribution is 6.32. The minimum absolute atomic E-state index is 0.0507. The van der Waals surface area contributed by atoms with E-state index in [1.165, 1.54) is 6.07 Å². The summed E-state index contributed by atoms with van der Waals surface area (Å²) in [5.41, 5.74) is 0.708. The first-order chi connectivity index (χ1) is 9.38. The molecule has 0 amide bonds. The summed E-state index contributed by atoms with van der Waals surface area (Å²) in [7, 11) is 2.13. The zero-order valence-electron chi connectivity index (χ0n) is 12.0. The first-order valence-electron chi connectivity index (χ1n) is 6.79. The van der Waals surface area contributed by atoms with Crippen LogP contribution in [0.4, 0.5) is 11.4 Å². The average molecular weight is 298 g/mol. The molecular formula is C14H20ClN3O2. The molecule has 1 saturated heterocycles. The van der Waals surface area contributed by atoms with Crippen LogP contribution in [0.25, 0.3) is 0 Å². The second-order valence-corrected chi connectivity index (χ2v) is 6.08. The van der Waals surface area contributed by atoms with Gasteiger partial charge in [-0.15, -0.1) is 0 Å². The molecule has 1 heterocycles. The van der Waals surface area contributed by atoms with Crippen molar-refractivity contribution in [2.75, 3.05) is 18.9 Å². The molecule has 0 aliphatic carbocycles. The Hall–Kier alpha value is -1.33. The maximum absolute atomic E-state index is 10.9. The Kier molecular flexibility index (Phi) is 4.50. The van der Waals surface area contributed by atoms with Gasteiger partial charge in [-0.25, -0.2) is 0 Å². The van der Waals surface area contributed by atoms with Crippen molar-refractivity contribution in [2.24, 2.45) is 5.92 Å². The maximum atomic E-state index is 10.9. The first-order valence-corrected chi connectivity index (χ1v) is 7.17. The highest BCUT2D eigenvalue weighted by atomic mass is 35.5. The van der Waals surface area contributed by atoms with Crippen LogP contribution in [0.15, 0.2) is 18.2 Å². The van der Waals surface area contributed by atoms with Gasteiger partial charge in [0.1, 0.15) is 5.02 Å². The molecule has 110 valence electrons. The number of anilines is 1. The van der Waals surface area contributed by atoms with Crippen LogP contribution < -0.4 is 5.32 Å². The van der Waals surface area contributed by atoms with Crippen molar-refractivity contribution in [1.29, 1.82) is 0 Å². The molecule has 1 aliphatic heterocycles. The highest BCUT2D eigenvalue weighted by Gasteiger charge is 2.29. The van der Waals surface area contributed by atoms with E-state index in [0.717, 1.165) is 18.7 Å². The molecule has 1 aliphatic rings. The summed E-state index contributed by atoms with van der Waals surface area (Å²) >= 11 is 5.83. The van der Waals surface area contributed by atoms with Gasteiger partial charge < -0.3 is 10.2 Å². The van der Waals surface area contributed by atoms with Crippen molar-refractivity contribution in [3.8, 4) is 0 Å². The summed E-state index contributed by atoms with van der Waals surface area (Å²) in [6.07, 6.45) is 1.02. The van der Waals surface area contributed by atoms with Gasteiger partial charge in [0.05, 0.1) is 4.92 Å². The van der Waals surface area contributed by atoms with Gasteiger partial charge in [-0.1, -0.05) is 18.5 Å². The van der Waals surface area contributed by atoms with E-state index in [1.54, 1.807) is 12.1 Å². The van der Waals surface area contributed by atoms with E-state index in [9.17, 15) is 10.1 Å². The van der Waals surface area contributed by atoms with Crippen molar-refractivity contribution in [3.05, 3.63) is 33.3 Å². The van der Waals surface area contributed by atoms with E-state index < -0.39 is 4.92 Å². The lowest BCUT2D eigenvalue weighted by Crippen LogP contribution is -2.48. The van der Waals surface area contributed by atoms with E-state index in [4.69, 9.17) is 11.6 Å². The molecule has 1 aromatic carbocycles. The fourth-order valence-corrected chi connectivity index (χ4v) is 2.89. The number of nitrogens with zero attached hydrogens (tertiary/aromatic N) is 2. The lowest BCUT2D eigenvalue weighted by Gasteiger charge is -2.40. The minimum atomic E-state index is -0.450. The predicted octanol–water partition coefficient (Wildman–Crippen LogP) is 3.39. The molecule has 3 unspecified atom stereocenters. The zero-order valence-corrected chi connectivity index (χ0v) is 12.7. The zero-order chi connectivity index (χ0) is 14.9. The van der Waals surface area contributed by atoms with Crippen LogP contribution in [0.5, 0.6) is 0 Å². The number of hydrogen-bond acceptors (Lipinski definition) is 4. The van der Waals surface area contributed by atoms with Crippen LogP contribution >= 0.6 is 11.6 Å². The molecule has 0 radical (unpaired) electrons. The number of nitrogens with one attached hydrogen (secondary N) is 1. The summed E-state index contributed by atoms with van der Waals surface area (Å²) in [5, 5.41) is 14.5.